The van der Waals surface area contributed by atoms with Gasteiger partial charge in [0.1, 0.15) is 5.00 Å². The third kappa shape index (κ3) is 1.55. The van der Waals surface area contributed by atoms with E-state index >= 15 is 0 Å². The average Bonchev–Trinajstić information content (AvgIpc) is 2.45. The molecule has 0 atom stereocenters. The van der Waals surface area contributed by atoms with Gasteiger partial charge in [-0.15, -0.1) is 11.3 Å². The monoisotopic (exact) mass is 186 g/mol. The third-order valence-electron chi connectivity index (χ3n) is 1.34. The highest BCUT2D eigenvalue weighted by molar-refractivity contribution is 7.16. The van der Waals surface area contributed by atoms with E-state index in [1.807, 2.05) is 6.92 Å². The molecule has 66 valence electrons. The quantitative estimate of drug-likeness (QED) is 0.707. The Morgan fingerprint density at radius 3 is 2.83 bits per heavy atom. The van der Waals surface area contributed by atoms with Crippen LogP contribution in [0.5, 0.6) is 0 Å². The van der Waals surface area contributed by atoms with Crippen LogP contribution in [0.2, 0.25) is 0 Å². The van der Waals surface area contributed by atoms with Crippen LogP contribution in [0.25, 0.3) is 0 Å². The molecule has 0 fully saturated rings. The van der Waals surface area contributed by atoms with Crippen LogP contribution in [-0.4, -0.2) is 25.1 Å². The molecule has 0 aromatic carbocycles. The summed E-state index contributed by atoms with van der Waals surface area (Å²) >= 11 is 1.43. The minimum absolute atomic E-state index is 0.363. The molecular weight excluding hydrogens is 176 g/mol. The Kier molecular flexibility index (Phi) is 2.65. The first kappa shape index (κ1) is 8.99. The van der Waals surface area contributed by atoms with Crippen LogP contribution in [-0.2, 0) is 4.74 Å². The van der Waals surface area contributed by atoms with E-state index in [4.69, 9.17) is 0 Å². The molecule has 0 bridgehead atoms. The number of nitrogens with zero attached hydrogens (tertiary/aromatic N) is 1. The molecule has 0 amide bonds. The largest absolute Gasteiger partial charge is 0.464 e. The van der Waals surface area contributed by atoms with Crippen molar-refractivity contribution in [2.24, 2.45) is 0 Å². The predicted molar refractivity (Wildman–Crippen MR) is 47.7 cm³/mol. The van der Waals surface area contributed by atoms with E-state index in [-0.39, 0.29) is 0 Å². The van der Waals surface area contributed by atoms with Crippen molar-refractivity contribution in [1.29, 1.82) is 0 Å². The molecule has 1 N–H and O–H groups in total. The van der Waals surface area contributed by atoms with E-state index in [9.17, 15) is 4.79 Å². The normalized spacial score (nSPS) is 9.58. The molecule has 1 aromatic rings. The summed E-state index contributed by atoms with van der Waals surface area (Å²) in [6, 6.07) is 0. The van der Waals surface area contributed by atoms with Gasteiger partial charge in [0.15, 0.2) is 5.69 Å². The smallest absolute Gasteiger partial charge is 0.359 e. The van der Waals surface area contributed by atoms with Gasteiger partial charge in [-0.1, -0.05) is 0 Å². The van der Waals surface area contributed by atoms with Crippen LogP contribution >= 0.6 is 11.3 Å². The summed E-state index contributed by atoms with van der Waals surface area (Å²) in [6.07, 6.45) is 0. The SMILES string of the molecule is CNc1sc(C)nc1C(=O)OC. The van der Waals surface area contributed by atoms with Crippen LogP contribution in [0.1, 0.15) is 15.5 Å². The summed E-state index contributed by atoms with van der Waals surface area (Å²) in [6.45, 7) is 1.85. The Hall–Kier alpha value is -1.10. The van der Waals surface area contributed by atoms with Crippen LogP contribution in [0, 0.1) is 6.92 Å². The molecule has 1 rings (SSSR count). The zero-order valence-corrected chi connectivity index (χ0v) is 7.99. The average molecular weight is 186 g/mol. The summed E-state index contributed by atoms with van der Waals surface area (Å²) in [5.74, 6) is -0.399. The fraction of sp³-hybridized carbons (Fsp3) is 0.429. The van der Waals surface area contributed by atoms with Gasteiger partial charge in [-0.3, -0.25) is 0 Å². The second-order valence-electron chi connectivity index (χ2n) is 2.15. The Morgan fingerprint density at radius 1 is 1.67 bits per heavy atom. The number of thiazole rings is 1. The van der Waals surface area contributed by atoms with Crippen molar-refractivity contribution >= 4 is 22.3 Å². The number of hydrogen-bond acceptors (Lipinski definition) is 5. The van der Waals surface area contributed by atoms with Crippen molar-refractivity contribution < 1.29 is 9.53 Å². The molecule has 0 aliphatic carbocycles. The molecule has 0 aliphatic rings. The van der Waals surface area contributed by atoms with Crippen molar-refractivity contribution in [2.45, 2.75) is 6.92 Å². The number of aryl methyl sites for hydroxylation is 1. The van der Waals surface area contributed by atoms with Gasteiger partial charge in [0.05, 0.1) is 12.1 Å². The number of carbonyl (C=O) groups excluding carboxylic acids is 1. The minimum Gasteiger partial charge on any atom is -0.464 e. The van der Waals surface area contributed by atoms with Gasteiger partial charge < -0.3 is 10.1 Å². The van der Waals surface area contributed by atoms with Gasteiger partial charge in [0, 0.05) is 7.05 Å². The van der Waals surface area contributed by atoms with Crippen molar-refractivity contribution in [3.63, 3.8) is 0 Å². The Morgan fingerprint density at radius 2 is 2.33 bits per heavy atom. The summed E-state index contributed by atoms with van der Waals surface area (Å²) in [5, 5.41) is 4.48. The van der Waals surface area contributed by atoms with Gasteiger partial charge in [-0.2, -0.15) is 0 Å². The van der Waals surface area contributed by atoms with Crippen molar-refractivity contribution in [2.75, 3.05) is 19.5 Å². The van der Waals surface area contributed by atoms with Crippen LogP contribution < -0.4 is 5.32 Å². The van der Waals surface area contributed by atoms with Gasteiger partial charge in [0.25, 0.3) is 0 Å². The maximum atomic E-state index is 11.1. The molecule has 0 saturated heterocycles. The molecule has 12 heavy (non-hydrogen) atoms. The summed E-state index contributed by atoms with van der Waals surface area (Å²) in [4.78, 5) is 15.1. The van der Waals surface area contributed by atoms with Crippen LogP contribution in [0.4, 0.5) is 5.00 Å². The predicted octanol–water partition coefficient (Wildman–Crippen LogP) is 1.28. The number of anilines is 1. The van der Waals surface area contributed by atoms with Gasteiger partial charge in [0.2, 0.25) is 0 Å². The molecule has 1 aromatic heterocycles. The van der Waals surface area contributed by atoms with Gasteiger partial charge in [-0.05, 0) is 6.92 Å². The lowest BCUT2D eigenvalue weighted by Crippen LogP contribution is -2.04. The fourth-order valence-electron chi connectivity index (χ4n) is 0.832. The minimum atomic E-state index is -0.399. The summed E-state index contributed by atoms with van der Waals surface area (Å²) in [5.41, 5.74) is 0.363. The molecule has 4 nitrogen and oxygen atoms in total. The second kappa shape index (κ2) is 3.53. The van der Waals surface area contributed by atoms with E-state index in [1.165, 1.54) is 18.4 Å². The number of aromatic nitrogens is 1. The fourth-order valence-corrected chi connectivity index (χ4v) is 1.59. The number of esters is 1. The zero-order chi connectivity index (χ0) is 9.14. The summed E-state index contributed by atoms with van der Waals surface area (Å²) < 4.78 is 4.56. The highest BCUT2D eigenvalue weighted by Gasteiger charge is 2.15. The Labute approximate surface area is 74.6 Å². The van der Waals surface area contributed by atoms with E-state index in [2.05, 4.69) is 15.0 Å². The number of hydrogen-bond donors (Lipinski definition) is 1. The number of carbonyl (C=O) groups is 1. The van der Waals surface area contributed by atoms with E-state index in [0.717, 1.165) is 10.0 Å². The molecule has 0 spiro atoms. The first-order valence-electron chi connectivity index (χ1n) is 3.42. The number of rotatable bonds is 2. The number of ether oxygens (including phenoxy) is 1. The molecule has 0 saturated carbocycles. The van der Waals surface area contributed by atoms with Gasteiger partial charge in [-0.25, -0.2) is 9.78 Å². The van der Waals surface area contributed by atoms with E-state index < -0.39 is 5.97 Å². The molecular formula is C7H10N2O2S. The Balaban J connectivity index is 3.04. The van der Waals surface area contributed by atoms with E-state index in [0.29, 0.717) is 5.69 Å². The third-order valence-corrected chi connectivity index (χ3v) is 2.33. The van der Waals surface area contributed by atoms with Crippen molar-refractivity contribution in [3.8, 4) is 0 Å². The number of methoxy groups -OCH3 is 1. The molecule has 5 heteroatoms. The van der Waals surface area contributed by atoms with E-state index in [1.54, 1.807) is 7.05 Å². The van der Waals surface area contributed by atoms with Crippen molar-refractivity contribution in [3.05, 3.63) is 10.7 Å². The lowest BCUT2D eigenvalue weighted by molar-refractivity contribution is 0.0596. The topological polar surface area (TPSA) is 51.2 Å². The maximum absolute atomic E-state index is 11.1. The summed E-state index contributed by atoms with van der Waals surface area (Å²) in [7, 11) is 3.09. The first-order chi connectivity index (χ1) is 5.69. The molecule has 0 unspecified atom stereocenters. The Bertz CT molecular complexity index is 296. The second-order valence-corrected chi connectivity index (χ2v) is 3.36. The van der Waals surface area contributed by atoms with Crippen LogP contribution in [0.15, 0.2) is 0 Å². The molecule has 0 radical (unpaired) electrons. The van der Waals surface area contributed by atoms with Gasteiger partial charge >= 0.3 is 5.97 Å². The highest BCUT2D eigenvalue weighted by atomic mass is 32.1. The number of nitrogens with one attached hydrogen (secondary N) is 1. The first-order valence-corrected chi connectivity index (χ1v) is 4.24. The lowest BCUT2D eigenvalue weighted by atomic mass is 10.4. The lowest BCUT2D eigenvalue weighted by Gasteiger charge is -1.97. The highest BCUT2D eigenvalue weighted by Crippen LogP contribution is 2.23. The molecule has 1 heterocycles. The standard InChI is InChI=1S/C7H10N2O2S/c1-4-9-5(7(10)11-3)6(8-2)12-4/h8H,1-3H3. The maximum Gasteiger partial charge on any atom is 0.359 e. The molecule has 0 aliphatic heterocycles. The van der Waals surface area contributed by atoms with Crippen molar-refractivity contribution in [1.82, 2.24) is 4.98 Å². The zero-order valence-electron chi connectivity index (χ0n) is 7.17. The van der Waals surface area contributed by atoms with Crippen LogP contribution in [0.3, 0.4) is 0 Å².